The van der Waals surface area contributed by atoms with E-state index in [0.717, 1.165) is 36.6 Å². The molecule has 4 heteroatoms. The zero-order valence-electron chi connectivity index (χ0n) is 11.8. The van der Waals surface area contributed by atoms with E-state index in [4.69, 9.17) is 11.6 Å². The summed E-state index contributed by atoms with van der Waals surface area (Å²) in [5.74, 6) is 0.119. The van der Waals surface area contributed by atoms with Crippen LogP contribution in [0, 0.1) is 0 Å². The van der Waals surface area contributed by atoms with Gasteiger partial charge in [-0.15, -0.1) is 0 Å². The van der Waals surface area contributed by atoms with Crippen LogP contribution in [0.15, 0.2) is 24.3 Å². The molecule has 1 N–H and O–H groups in total. The summed E-state index contributed by atoms with van der Waals surface area (Å²) in [6.45, 7) is 7.70. The highest BCUT2D eigenvalue weighted by Gasteiger charge is 2.04. The van der Waals surface area contributed by atoms with Crippen LogP contribution in [-0.2, 0) is 11.2 Å². The van der Waals surface area contributed by atoms with Gasteiger partial charge < -0.3 is 10.2 Å². The van der Waals surface area contributed by atoms with Gasteiger partial charge >= 0.3 is 0 Å². The van der Waals surface area contributed by atoms with Crippen LogP contribution < -0.4 is 5.32 Å². The van der Waals surface area contributed by atoms with Crippen LogP contribution in [0.5, 0.6) is 0 Å². The highest BCUT2D eigenvalue weighted by molar-refractivity contribution is 6.30. The van der Waals surface area contributed by atoms with Crippen molar-refractivity contribution in [1.29, 1.82) is 0 Å². The van der Waals surface area contributed by atoms with Crippen molar-refractivity contribution in [3.05, 3.63) is 34.9 Å². The molecule has 0 bridgehead atoms. The van der Waals surface area contributed by atoms with E-state index in [1.165, 1.54) is 0 Å². The standard InChI is InChI=1S/C15H23ClN2O/c1-3-18(4-2)11-9-15(19)17-10-8-13-6-5-7-14(16)12-13/h5-7,12H,3-4,8-11H2,1-2H3,(H,17,19). The fourth-order valence-electron chi connectivity index (χ4n) is 1.93. The summed E-state index contributed by atoms with van der Waals surface area (Å²) in [6.07, 6.45) is 1.38. The van der Waals surface area contributed by atoms with Gasteiger partial charge in [0.15, 0.2) is 0 Å². The first-order valence-electron chi connectivity index (χ1n) is 6.89. The van der Waals surface area contributed by atoms with Gasteiger partial charge in [0.2, 0.25) is 5.91 Å². The number of hydrogen-bond donors (Lipinski definition) is 1. The number of benzene rings is 1. The van der Waals surface area contributed by atoms with Crippen LogP contribution in [0.1, 0.15) is 25.8 Å². The molecule has 1 aromatic carbocycles. The highest BCUT2D eigenvalue weighted by Crippen LogP contribution is 2.10. The summed E-state index contributed by atoms with van der Waals surface area (Å²) < 4.78 is 0. The van der Waals surface area contributed by atoms with E-state index in [9.17, 15) is 4.79 Å². The molecule has 0 saturated carbocycles. The maximum absolute atomic E-state index is 11.7. The smallest absolute Gasteiger partial charge is 0.221 e. The van der Waals surface area contributed by atoms with Gasteiger partial charge in [-0.1, -0.05) is 37.6 Å². The Kier molecular flexibility index (Phi) is 7.53. The minimum atomic E-state index is 0.119. The SMILES string of the molecule is CCN(CC)CCC(=O)NCCc1cccc(Cl)c1. The average molecular weight is 283 g/mol. The van der Waals surface area contributed by atoms with Gasteiger partial charge in [-0.2, -0.15) is 0 Å². The van der Waals surface area contributed by atoms with Crippen molar-refractivity contribution in [2.75, 3.05) is 26.2 Å². The average Bonchev–Trinajstić information content (AvgIpc) is 2.40. The summed E-state index contributed by atoms with van der Waals surface area (Å²) >= 11 is 5.91. The largest absolute Gasteiger partial charge is 0.356 e. The van der Waals surface area contributed by atoms with Crippen molar-refractivity contribution in [3.8, 4) is 0 Å². The van der Waals surface area contributed by atoms with Crippen molar-refractivity contribution in [1.82, 2.24) is 10.2 Å². The predicted molar refractivity (Wildman–Crippen MR) is 80.6 cm³/mol. The molecule has 0 unspecified atom stereocenters. The third-order valence-corrected chi connectivity index (χ3v) is 3.41. The number of rotatable bonds is 8. The lowest BCUT2D eigenvalue weighted by Crippen LogP contribution is -2.31. The molecule has 0 radical (unpaired) electrons. The van der Waals surface area contributed by atoms with E-state index in [-0.39, 0.29) is 5.91 Å². The zero-order valence-corrected chi connectivity index (χ0v) is 12.5. The van der Waals surface area contributed by atoms with Gasteiger partial charge in [-0.25, -0.2) is 0 Å². The maximum atomic E-state index is 11.7. The second kappa shape index (κ2) is 8.94. The van der Waals surface area contributed by atoms with Crippen molar-refractivity contribution < 1.29 is 4.79 Å². The molecule has 0 saturated heterocycles. The first-order chi connectivity index (χ1) is 9.15. The Morgan fingerprint density at radius 3 is 2.68 bits per heavy atom. The fourth-order valence-corrected chi connectivity index (χ4v) is 2.14. The lowest BCUT2D eigenvalue weighted by atomic mass is 10.1. The molecule has 106 valence electrons. The molecule has 0 heterocycles. The van der Waals surface area contributed by atoms with Crippen LogP contribution in [0.25, 0.3) is 0 Å². The molecule has 19 heavy (non-hydrogen) atoms. The molecule has 0 atom stereocenters. The molecule has 1 rings (SSSR count). The Hall–Kier alpha value is -1.06. The van der Waals surface area contributed by atoms with Crippen molar-refractivity contribution >= 4 is 17.5 Å². The van der Waals surface area contributed by atoms with E-state index in [1.54, 1.807) is 0 Å². The lowest BCUT2D eigenvalue weighted by Gasteiger charge is -2.17. The quantitative estimate of drug-likeness (QED) is 0.795. The summed E-state index contributed by atoms with van der Waals surface area (Å²) in [6, 6.07) is 7.74. The Morgan fingerprint density at radius 1 is 1.32 bits per heavy atom. The van der Waals surface area contributed by atoms with E-state index in [0.29, 0.717) is 13.0 Å². The molecule has 0 aromatic heterocycles. The van der Waals surface area contributed by atoms with Gasteiger partial charge in [0.05, 0.1) is 0 Å². The Bertz CT molecular complexity index is 391. The number of halogens is 1. The lowest BCUT2D eigenvalue weighted by molar-refractivity contribution is -0.121. The molecule has 3 nitrogen and oxygen atoms in total. The van der Waals surface area contributed by atoms with Crippen LogP contribution in [-0.4, -0.2) is 37.0 Å². The maximum Gasteiger partial charge on any atom is 0.221 e. The number of carbonyl (C=O) groups is 1. The summed E-state index contributed by atoms with van der Waals surface area (Å²) in [5, 5.41) is 3.69. The van der Waals surface area contributed by atoms with E-state index >= 15 is 0 Å². The van der Waals surface area contributed by atoms with Crippen molar-refractivity contribution in [3.63, 3.8) is 0 Å². The van der Waals surface area contributed by atoms with Crippen molar-refractivity contribution in [2.24, 2.45) is 0 Å². The van der Waals surface area contributed by atoms with Gasteiger partial charge in [-0.05, 0) is 37.2 Å². The van der Waals surface area contributed by atoms with Crippen LogP contribution in [0.3, 0.4) is 0 Å². The normalized spacial score (nSPS) is 10.7. The number of nitrogens with zero attached hydrogens (tertiary/aromatic N) is 1. The Balaban J connectivity index is 2.20. The number of amides is 1. The molecule has 0 spiro atoms. The number of nitrogens with one attached hydrogen (secondary N) is 1. The predicted octanol–water partition coefficient (Wildman–Crippen LogP) is 2.73. The second-order valence-electron chi connectivity index (χ2n) is 4.51. The number of hydrogen-bond acceptors (Lipinski definition) is 2. The van der Waals surface area contributed by atoms with E-state index < -0.39 is 0 Å². The molecular weight excluding hydrogens is 260 g/mol. The molecule has 0 aliphatic heterocycles. The summed E-state index contributed by atoms with van der Waals surface area (Å²) in [5.41, 5.74) is 1.15. The Labute approximate surface area is 120 Å². The molecule has 0 fully saturated rings. The van der Waals surface area contributed by atoms with Crippen LogP contribution >= 0.6 is 11.6 Å². The first-order valence-corrected chi connectivity index (χ1v) is 7.27. The molecule has 0 aliphatic carbocycles. The minimum Gasteiger partial charge on any atom is -0.356 e. The minimum absolute atomic E-state index is 0.119. The topological polar surface area (TPSA) is 32.3 Å². The second-order valence-corrected chi connectivity index (χ2v) is 4.94. The van der Waals surface area contributed by atoms with Crippen molar-refractivity contribution in [2.45, 2.75) is 26.7 Å². The monoisotopic (exact) mass is 282 g/mol. The van der Waals surface area contributed by atoms with Crippen LogP contribution in [0.4, 0.5) is 0 Å². The molecular formula is C15H23ClN2O. The third kappa shape index (κ3) is 6.60. The summed E-state index contributed by atoms with van der Waals surface area (Å²) in [4.78, 5) is 13.9. The third-order valence-electron chi connectivity index (χ3n) is 3.17. The number of carbonyl (C=O) groups excluding carboxylic acids is 1. The highest BCUT2D eigenvalue weighted by atomic mass is 35.5. The van der Waals surface area contributed by atoms with Gasteiger partial charge in [0.1, 0.15) is 0 Å². The Morgan fingerprint density at radius 2 is 2.05 bits per heavy atom. The zero-order chi connectivity index (χ0) is 14.1. The fraction of sp³-hybridized carbons (Fsp3) is 0.533. The molecule has 1 amide bonds. The van der Waals surface area contributed by atoms with E-state index in [2.05, 4.69) is 24.1 Å². The van der Waals surface area contributed by atoms with Crippen LogP contribution in [0.2, 0.25) is 5.02 Å². The first kappa shape index (κ1) is 16.0. The van der Waals surface area contributed by atoms with Gasteiger partial charge in [-0.3, -0.25) is 4.79 Å². The van der Waals surface area contributed by atoms with Gasteiger partial charge in [0, 0.05) is 24.5 Å². The summed E-state index contributed by atoms with van der Waals surface area (Å²) in [7, 11) is 0. The molecule has 0 aliphatic rings. The van der Waals surface area contributed by atoms with Gasteiger partial charge in [0.25, 0.3) is 0 Å². The van der Waals surface area contributed by atoms with E-state index in [1.807, 2.05) is 24.3 Å². The molecule has 1 aromatic rings.